The van der Waals surface area contributed by atoms with Gasteiger partial charge in [0.15, 0.2) is 11.5 Å². The quantitative estimate of drug-likeness (QED) is 0.431. The van der Waals surface area contributed by atoms with E-state index in [1.807, 2.05) is 84.9 Å². The van der Waals surface area contributed by atoms with Crippen LogP contribution in [0, 0.1) is 0 Å². The molecule has 172 valence electrons. The van der Waals surface area contributed by atoms with E-state index in [-0.39, 0.29) is 25.1 Å². The van der Waals surface area contributed by atoms with Crippen LogP contribution in [-0.4, -0.2) is 42.3 Å². The molecule has 3 rings (SSSR count). The third kappa shape index (κ3) is 6.46. The standard InChI is InChI=1S/C28H31NO4/c1-4-11-22-16-17-26(27(18-22)32-3)33-20-25(31)19-29(21(2)30)28(23-12-7-5-8-13-23)24-14-9-6-10-15-24/h4-10,12-18,25,28,31H,1,11,19-20H2,2-3H3. The second-order valence-corrected chi connectivity index (χ2v) is 7.84. The van der Waals surface area contributed by atoms with Gasteiger partial charge in [-0.05, 0) is 35.2 Å². The number of methoxy groups -OCH3 is 1. The maximum atomic E-state index is 12.7. The zero-order chi connectivity index (χ0) is 23.6. The van der Waals surface area contributed by atoms with Crippen molar-refractivity contribution in [1.29, 1.82) is 0 Å². The van der Waals surface area contributed by atoms with Crippen LogP contribution in [0.25, 0.3) is 0 Å². The second kappa shape index (κ2) is 11.9. The molecular formula is C28H31NO4. The highest BCUT2D eigenvalue weighted by atomic mass is 16.5. The normalized spacial score (nSPS) is 11.6. The number of aliphatic hydroxyl groups is 1. The third-order valence-corrected chi connectivity index (χ3v) is 5.39. The fourth-order valence-electron chi connectivity index (χ4n) is 3.83. The Kier molecular flexibility index (Phi) is 8.67. The average molecular weight is 446 g/mol. The maximum Gasteiger partial charge on any atom is 0.220 e. The molecule has 1 amide bonds. The van der Waals surface area contributed by atoms with Gasteiger partial charge in [-0.1, -0.05) is 72.8 Å². The van der Waals surface area contributed by atoms with E-state index in [1.54, 1.807) is 12.0 Å². The molecule has 0 saturated heterocycles. The summed E-state index contributed by atoms with van der Waals surface area (Å²) in [5.74, 6) is 1.01. The van der Waals surface area contributed by atoms with Crippen LogP contribution in [0.4, 0.5) is 0 Å². The Labute approximate surface area is 195 Å². The molecule has 0 aliphatic rings. The summed E-state index contributed by atoms with van der Waals surface area (Å²) in [7, 11) is 1.58. The first-order valence-corrected chi connectivity index (χ1v) is 11.0. The van der Waals surface area contributed by atoms with Gasteiger partial charge in [0, 0.05) is 6.92 Å². The number of amides is 1. The van der Waals surface area contributed by atoms with E-state index in [9.17, 15) is 9.90 Å². The third-order valence-electron chi connectivity index (χ3n) is 5.39. The summed E-state index contributed by atoms with van der Waals surface area (Å²) < 4.78 is 11.3. The van der Waals surface area contributed by atoms with Gasteiger partial charge in [0.25, 0.3) is 0 Å². The molecular weight excluding hydrogens is 414 g/mol. The van der Waals surface area contributed by atoms with Gasteiger partial charge in [0.1, 0.15) is 12.7 Å². The molecule has 0 saturated carbocycles. The molecule has 0 spiro atoms. The fourth-order valence-corrected chi connectivity index (χ4v) is 3.83. The van der Waals surface area contributed by atoms with E-state index < -0.39 is 6.10 Å². The molecule has 0 aromatic heterocycles. The van der Waals surface area contributed by atoms with Crippen molar-refractivity contribution < 1.29 is 19.4 Å². The van der Waals surface area contributed by atoms with E-state index in [0.29, 0.717) is 11.5 Å². The predicted molar refractivity (Wildman–Crippen MR) is 131 cm³/mol. The van der Waals surface area contributed by atoms with Gasteiger partial charge in [-0.15, -0.1) is 6.58 Å². The van der Waals surface area contributed by atoms with Gasteiger partial charge in [0.05, 0.1) is 19.7 Å². The highest BCUT2D eigenvalue weighted by Crippen LogP contribution is 2.30. The molecule has 1 N–H and O–H groups in total. The summed E-state index contributed by atoms with van der Waals surface area (Å²) in [6.45, 7) is 5.43. The van der Waals surface area contributed by atoms with Gasteiger partial charge in [-0.2, -0.15) is 0 Å². The summed E-state index contributed by atoms with van der Waals surface area (Å²) in [5.41, 5.74) is 3.02. The minimum atomic E-state index is -0.888. The fraction of sp³-hybridized carbons (Fsp3) is 0.250. The van der Waals surface area contributed by atoms with Crippen LogP contribution in [-0.2, 0) is 11.2 Å². The van der Waals surface area contributed by atoms with Crippen LogP contribution in [0.1, 0.15) is 29.7 Å². The van der Waals surface area contributed by atoms with Crippen molar-refractivity contribution in [3.05, 3.63) is 108 Å². The average Bonchev–Trinajstić information content (AvgIpc) is 2.84. The van der Waals surface area contributed by atoms with Crippen LogP contribution in [0.3, 0.4) is 0 Å². The molecule has 0 bridgehead atoms. The molecule has 1 unspecified atom stereocenters. The van der Waals surface area contributed by atoms with E-state index in [4.69, 9.17) is 9.47 Å². The van der Waals surface area contributed by atoms with Crippen LogP contribution >= 0.6 is 0 Å². The monoisotopic (exact) mass is 445 g/mol. The van der Waals surface area contributed by atoms with Crippen molar-refractivity contribution in [3.8, 4) is 11.5 Å². The number of ether oxygens (including phenoxy) is 2. The second-order valence-electron chi connectivity index (χ2n) is 7.84. The van der Waals surface area contributed by atoms with Crippen molar-refractivity contribution in [1.82, 2.24) is 4.90 Å². The Morgan fingerprint density at radius 2 is 1.61 bits per heavy atom. The maximum absolute atomic E-state index is 12.7. The molecule has 33 heavy (non-hydrogen) atoms. The minimum absolute atomic E-state index is 0.0250. The minimum Gasteiger partial charge on any atom is -0.493 e. The zero-order valence-corrected chi connectivity index (χ0v) is 19.2. The number of rotatable bonds is 11. The molecule has 1 atom stereocenters. The van der Waals surface area contributed by atoms with Crippen LogP contribution in [0.2, 0.25) is 0 Å². The van der Waals surface area contributed by atoms with E-state index in [1.165, 1.54) is 6.92 Å². The molecule has 3 aromatic rings. The van der Waals surface area contributed by atoms with Crippen molar-refractivity contribution >= 4 is 5.91 Å². The number of hydrogen-bond donors (Lipinski definition) is 1. The predicted octanol–water partition coefficient (Wildman–Crippen LogP) is 4.80. The topological polar surface area (TPSA) is 59.0 Å². The lowest BCUT2D eigenvalue weighted by Gasteiger charge is -2.33. The summed E-state index contributed by atoms with van der Waals surface area (Å²) in [5, 5.41) is 10.8. The Balaban J connectivity index is 1.77. The Morgan fingerprint density at radius 1 is 1.00 bits per heavy atom. The molecule has 5 nitrogen and oxygen atoms in total. The number of benzene rings is 3. The first kappa shape index (κ1) is 24.1. The van der Waals surface area contributed by atoms with Crippen molar-refractivity contribution in [2.24, 2.45) is 0 Å². The van der Waals surface area contributed by atoms with Crippen LogP contribution in [0.15, 0.2) is 91.5 Å². The van der Waals surface area contributed by atoms with E-state index in [2.05, 4.69) is 6.58 Å². The van der Waals surface area contributed by atoms with Gasteiger partial charge in [-0.25, -0.2) is 0 Å². The first-order valence-electron chi connectivity index (χ1n) is 11.0. The lowest BCUT2D eigenvalue weighted by atomic mass is 9.96. The SMILES string of the molecule is C=CCc1ccc(OCC(O)CN(C(C)=O)C(c2ccccc2)c2ccccc2)c(OC)c1. The van der Waals surface area contributed by atoms with E-state index >= 15 is 0 Å². The van der Waals surface area contributed by atoms with Crippen LogP contribution in [0.5, 0.6) is 11.5 Å². The van der Waals surface area contributed by atoms with Crippen molar-refractivity contribution in [2.45, 2.75) is 25.5 Å². The zero-order valence-electron chi connectivity index (χ0n) is 19.2. The van der Waals surface area contributed by atoms with Crippen molar-refractivity contribution in [2.75, 3.05) is 20.3 Å². The highest BCUT2D eigenvalue weighted by molar-refractivity contribution is 5.74. The molecule has 0 fully saturated rings. The number of carbonyl (C=O) groups is 1. The molecule has 0 aliphatic carbocycles. The largest absolute Gasteiger partial charge is 0.493 e. The van der Waals surface area contributed by atoms with Gasteiger partial charge in [-0.3, -0.25) is 4.79 Å². The van der Waals surface area contributed by atoms with Crippen molar-refractivity contribution in [3.63, 3.8) is 0 Å². The Morgan fingerprint density at radius 3 is 2.12 bits per heavy atom. The van der Waals surface area contributed by atoms with Gasteiger partial charge >= 0.3 is 0 Å². The molecule has 3 aromatic carbocycles. The molecule has 5 heteroatoms. The summed E-state index contributed by atoms with van der Waals surface area (Å²) in [4.78, 5) is 14.4. The highest BCUT2D eigenvalue weighted by Gasteiger charge is 2.27. The number of hydrogen-bond acceptors (Lipinski definition) is 4. The number of allylic oxidation sites excluding steroid dienone is 1. The lowest BCUT2D eigenvalue weighted by Crippen LogP contribution is -2.41. The summed E-state index contributed by atoms with van der Waals surface area (Å²) >= 11 is 0. The Hall–Kier alpha value is -3.57. The number of aliphatic hydroxyl groups excluding tert-OH is 1. The number of carbonyl (C=O) groups excluding carboxylic acids is 1. The summed E-state index contributed by atoms with van der Waals surface area (Å²) in [6, 6.07) is 25.0. The molecule has 0 radical (unpaired) electrons. The Bertz CT molecular complexity index is 997. The number of nitrogens with zero attached hydrogens (tertiary/aromatic N) is 1. The van der Waals surface area contributed by atoms with Crippen LogP contribution < -0.4 is 9.47 Å². The summed E-state index contributed by atoms with van der Waals surface area (Å²) in [6.07, 6.45) is 1.67. The van der Waals surface area contributed by atoms with Gasteiger partial charge < -0.3 is 19.5 Å². The molecule has 0 aliphatic heterocycles. The van der Waals surface area contributed by atoms with E-state index in [0.717, 1.165) is 23.1 Å². The first-order chi connectivity index (χ1) is 16.0. The van der Waals surface area contributed by atoms with Gasteiger partial charge in [0.2, 0.25) is 5.91 Å². The smallest absolute Gasteiger partial charge is 0.220 e. The lowest BCUT2D eigenvalue weighted by molar-refractivity contribution is -0.132. The molecule has 0 heterocycles.